The maximum absolute atomic E-state index is 11.3. The molecule has 16 heavy (non-hydrogen) atoms. The van der Waals surface area contributed by atoms with Crippen molar-refractivity contribution in [1.29, 1.82) is 0 Å². The van der Waals surface area contributed by atoms with Crippen LogP contribution in [-0.4, -0.2) is 27.7 Å². The van der Waals surface area contributed by atoms with Crippen LogP contribution in [0.3, 0.4) is 0 Å². The van der Waals surface area contributed by atoms with Crippen molar-refractivity contribution in [3.05, 3.63) is 29.7 Å². The van der Waals surface area contributed by atoms with Gasteiger partial charge in [0.25, 0.3) is 5.82 Å². The third-order valence-electron chi connectivity index (χ3n) is 2.35. The number of ether oxygens (including phenoxy) is 1. The highest BCUT2D eigenvalue weighted by molar-refractivity contribution is 5.85. The van der Waals surface area contributed by atoms with Gasteiger partial charge in [-0.1, -0.05) is 19.9 Å². The van der Waals surface area contributed by atoms with Crippen LogP contribution < -0.4 is 0 Å². The van der Waals surface area contributed by atoms with Gasteiger partial charge in [-0.15, -0.1) is 5.10 Å². The Balaban J connectivity index is 2.61. The molecule has 0 unspecified atom stereocenters. The summed E-state index contributed by atoms with van der Waals surface area (Å²) in [7, 11) is 1.32. The Morgan fingerprint density at radius 3 is 2.81 bits per heavy atom. The second kappa shape index (κ2) is 3.92. The monoisotopic (exact) mass is 219 g/mol. The van der Waals surface area contributed by atoms with Gasteiger partial charge in [-0.3, -0.25) is 0 Å². The maximum atomic E-state index is 11.3. The zero-order valence-corrected chi connectivity index (χ0v) is 9.47. The minimum atomic E-state index is -0.515. The first kappa shape index (κ1) is 10.6. The summed E-state index contributed by atoms with van der Waals surface area (Å²) in [4.78, 5) is 15.4. The van der Waals surface area contributed by atoms with Crippen molar-refractivity contribution < 1.29 is 9.53 Å². The summed E-state index contributed by atoms with van der Waals surface area (Å²) in [6.07, 6.45) is 0. The molecule has 2 heterocycles. The molecule has 5 nitrogen and oxygen atoms in total. The lowest BCUT2D eigenvalue weighted by Crippen LogP contribution is -2.05. The molecule has 0 aliphatic heterocycles. The number of fused-ring (bicyclic) bond motifs is 1. The molecule has 0 aliphatic carbocycles. The van der Waals surface area contributed by atoms with E-state index < -0.39 is 5.97 Å². The average Bonchev–Trinajstić information content (AvgIpc) is 2.70. The number of aromatic nitrogens is 3. The third kappa shape index (κ3) is 1.64. The average molecular weight is 219 g/mol. The van der Waals surface area contributed by atoms with Gasteiger partial charge < -0.3 is 4.74 Å². The second-order valence-corrected chi connectivity index (χ2v) is 3.80. The highest BCUT2D eigenvalue weighted by Crippen LogP contribution is 2.15. The number of rotatable bonds is 2. The highest BCUT2D eigenvalue weighted by Gasteiger charge is 2.15. The van der Waals surface area contributed by atoms with Gasteiger partial charge in [0.2, 0.25) is 0 Å². The zero-order chi connectivity index (χ0) is 11.7. The van der Waals surface area contributed by atoms with Gasteiger partial charge in [0.15, 0.2) is 5.65 Å². The van der Waals surface area contributed by atoms with Gasteiger partial charge in [0.05, 0.1) is 7.11 Å². The molecule has 0 amide bonds. The van der Waals surface area contributed by atoms with E-state index in [4.69, 9.17) is 0 Å². The first-order valence-corrected chi connectivity index (χ1v) is 5.07. The fourth-order valence-corrected chi connectivity index (χ4v) is 1.54. The lowest BCUT2D eigenvalue weighted by atomic mass is 10.1. The molecule has 0 saturated carbocycles. The quantitative estimate of drug-likeness (QED) is 0.720. The molecule has 2 aromatic heterocycles. The Kier molecular flexibility index (Phi) is 2.60. The Bertz CT molecular complexity index is 531. The van der Waals surface area contributed by atoms with Crippen molar-refractivity contribution in [3.8, 4) is 0 Å². The maximum Gasteiger partial charge on any atom is 0.377 e. The molecule has 0 bridgehead atoms. The van der Waals surface area contributed by atoms with Gasteiger partial charge in [0, 0.05) is 5.69 Å². The van der Waals surface area contributed by atoms with Crippen LogP contribution in [0.1, 0.15) is 36.1 Å². The summed E-state index contributed by atoms with van der Waals surface area (Å²) >= 11 is 0. The van der Waals surface area contributed by atoms with E-state index in [0.29, 0.717) is 11.6 Å². The summed E-state index contributed by atoms with van der Waals surface area (Å²) in [6, 6.07) is 5.68. The number of nitrogens with zero attached hydrogens (tertiary/aromatic N) is 3. The van der Waals surface area contributed by atoms with Crippen molar-refractivity contribution in [2.45, 2.75) is 19.8 Å². The standard InChI is InChI=1S/C11H13N3O2/c1-7(2)8-5-4-6-9-12-10(11(15)16-3)13-14(8)9/h4-7H,1-3H3. The largest absolute Gasteiger partial charge is 0.463 e. The van der Waals surface area contributed by atoms with Crippen molar-refractivity contribution in [1.82, 2.24) is 14.6 Å². The predicted octanol–water partition coefficient (Wildman–Crippen LogP) is 1.64. The lowest BCUT2D eigenvalue weighted by Gasteiger charge is -2.05. The van der Waals surface area contributed by atoms with Crippen LogP contribution in [0, 0.1) is 0 Å². The van der Waals surface area contributed by atoms with Gasteiger partial charge in [-0.25, -0.2) is 14.3 Å². The molecule has 0 radical (unpaired) electrons. The second-order valence-electron chi connectivity index (χ2n) is 3.80. The zero-order valence-electron chi connectivity index (χ0n) is 9.47. The summed E-state index contributed by atoms with van der Waals surface area (Å²) in [5, 5.41) is 4.14. The van der Waals surface area contributed by atoms with Crippen LogP contribution in [0.2, 0.25) is 0 Å². The number of esters is 1. The number of pyridine rings is 1. The molecular weight excluding hydrogens is 206 g/mol. The predicted molar refractivity (Wildman–Crippen MR) is 58.4 cm³/mol. The summed E-state index contributed by atoms with van der Waals surface area (Å²) in [6.45, 7) is 4.13. The molecule has 0 N–H and O–H groups in total. The fraction of sp³-hybridized carbons (Fsp3) is 0.364. The Morgan fingerprint density at radius 2 is 2.19 bits per heavy atom. The molecule has 0 spiro atoms. The van der Waals surface area contributed by atoms with Crippen molar-refractivity contribution in [2.24, 2.45) is 0 Å². The number of methoxy groups -OCH3 is 1. The minimum absolute atomic E-state index is 0.0931. The van der Waals surface area contributed by atoms with Crippen LogP contribution in [-0.2, 0) is 4.74 Å². The van der Waals surface area contributed by atoms with Crippen molar-refractivity contribution >= 4 is 11.6 Å². The van der Waals surface area contributed by atoms with Crippen molar-refractivity contribution in [3.63, 3.8) is 0 Å². The number of hydrogen-bond donors (Lipinski definition) is 0. The number of carbonyl (C=O) groups excluding carboxylic acids is 1. The summed E-state index contributed by atoms with van der Waals surface area (Å²) in [5.74, 6) is -0.107. The van der Waals surface area contributed by atoms with Gasteiger partial charge >= 0.3 is 5.97 Å². The van der Waals surface area contributed by atoms with E-state index in [1.807, 2.05) is 18.2 Å². The van der Waals surface area contributed by atoms with Gasteiger partial charge in [-0.05, 0) is 18.1 Å². The van der Waals surface area contributed by atoms with E-state index in [0.717, 1.165) is 5.69 Å². The third-order valence-corrected chi connectivity index (χ3v) is 2.35. The van der Waals surface area contributed by atoms with Crippen LogP contribution in [0.15, 0.2) is 18.2 Å². The Labute approximate surface area is 93.1 Å². The topological polar surface area (TPSA) is 56.5 Å². The smallest absolute Gasteiger partial charge is 0.377 e. The van der Waals surface area contributed by atoms with Crippen molar-refractivity contribution in [2.75, 3.05) is 7.11 Å². The normalized spacial score (nSPS) is 11.0. The summed E-state index contributed by atoms with van der Waals surface area (Å²) < 4.78 is 6.27. The first-order valence-electron chi connectivity index (χ1n) is 5.07. The molecular formula is C11H13N3O2. The van der Waals surface area contributed by atoms with E-state index in [9.17, 15) is 4.79 Å². The lowest BCUT2D eigenvalue weighted by molar-refractivity contribution is 0.0587. The minimum Gasteiger partial charge on any atom is -0.463 e. The van der Waals surface area contributed by atoms with Crippen LogP contribution >= 0.6 is 0 Å². The Morgan fingerprint density at radius 1 is 1.44 bits per heavy atom. The molecule has 0 saturated heterocycles. The molecule has 0 fully saturated rings. The van der Waals surface area contributed by atoms with Gasteiger partial charge in [0.1, 0.15) is 0 Å². The summed E-state index contributed by atoms with van der Waals surface area (Å²) in [5.41, 5.74) is 1.67. The van der Waals surface area contributed by atoms with E-state index in [1.165, 1.54) is 7.11 Å². The number of carbonyl (C=O) groups is 1. The highest BCUT2D eigenvalue weighted by atomic mass is 16.5. The molecule has 0 atom stereocenters. The number of hydrogen-bond acceptors (Lipinski definition) is 4. The molecule has 2 aromatic rings. The van der Waals surface area contributed by atoms with Crippen LogP contribution in [0.25, 0.3) is 5.65 Å². The van der Waals surface area contributed by atoms with E-state index in [-0.39, 0.29) is 5.82 Å². The van der Waals surface area contributed by atoms with Crippen LogP contribution in [0.4, 0.5) is 0 Å². The van der Waals surface area contributed by atoms with Crippen LogP contribution in [0.5, 0.6) is 0 Å². The van der Waals surface area contributed by atoms with E-state index >= 15 is 0 Å². The SMILES string of the molecule is COC(=O)c1nc2cccc(C(C)C)n2n1. The fourth-order valence-electron chi connectivity index (χ4n) is 1.54. The molecule has 0 aromatic carbocycles. The van der Waals surface area contributed by atoms with E-state index in [1.54, 1.807) is 4.52 Å². The van der Waals surface area contributed by atoms with E-state index in [2.05, 4.69) is 28.7 Å². The molecule has 5 heteroatoms. The molecule has 84 valence electrons. The Hall–Kier alpha value is -1.91. The molecule has 0 aliphatic rings. The van der Waals surface area contributed by atoms with Gasteiger partial charge in [-0.2, -0.15) is 0 Å². The first-order chi connectivity index (χ1) is 7.63. The molecule has 2 rings (SSSR count).